The second-order valence-corrected chi connectivity index (χ2v) is 4.85. The predicted octanol–water partition coefficient (Wildman–Crippen LogP) is 1.16. The maximum absolute atomic E-state index is 11.7. The molecule has 1 aromatic rings. The number of rotatable bonds is 4. The number of hydrogen-bond donors (Lipinski definition) is 2. The van der Waals surface area contributed by atoms with Crippen LogP contribution in [-0.4, -0.2) is 23.9 Å². The number of primary amides is 1. The lowest BCUT2D eigenvalue weighted by atomic mass is 10.00. The van der Waals surface area contributed by atoms with Gasteiger partial charge in [-0.15, -0.1) is 0 Å². The van der Waals surface area contributed by atoms with Crippen molar-refractivity contribution in [1.82, 2.24) is 4.90 Å². The van der Waals surface area contributed by atoms with Gasteiger partial charge in [0.25, 0.3) is 0 Å². The molecule has 4 heteroatoms. The highest BCUT2D eigenvalue weighted by molar-refractivity contribution is 5.81. The average Bonchev–Trinajstić information content (AvgIpc) is 2.40. The number of piperidine rings is 1. The van der Waals surface area contributed by atoms with Crippen molar-refractivity contribution in [2.75, 3.05) is 13.1 Å². The number of nitrogens with two attached hydrogens (primary N) is 2. The molecule has 0 unspecified atom stereocenters. The molecule has 2 rings (SSSR count). The molecule has 1 aliphatic rings. The van der Waals surface area contributed by atoms with Crippen LogP contribution in [0.5, 0.6) is 0 Å². The SMILES string of the molecule is NCc1ccc([C@H](C(N)=O)N2CCCCC2)cc1. The molecule has 1 saturated heterocycles. The lowest BCUT2D eigenvalue weighted by Gasteiger charge is -2.32. The van der Waals surface area contributed by atoms with Gasteiger partial charge in [0.15, 0.2) is 0 Å². The molecule has 1 atom stereocenters. The van der Waals surface area contributed by atoms with E-state index in [1.54, 1.807) is 0 Å². The van der Waals surface area contributed by atoms with Crippen molar-refractivity contribution in [3.63, 3.8) is 0 Å². The van der Waals surface area contributed by atoms with Gasteiger partial charge in [0.1, 0.15) is 6.04 Å². The number of likely N-dealkylation sites (tertiary alicyclic amines) is 1. The first-order chi connectivity index (χ1) is 8.72. The van der Waals surface area contributed by atoms with E-state index in [2.05, 4.69) is 4.90 Å². The minimum Gasteiger partial charge on any atom is -0.368 e. The summed E-state index contributed by atoms with van der Waals surface area (Å²) >= 11 is 0. The second-order valence-electron chi connectivity index (χ2n) is 4.85. The molecule has 0 spiro atoms. The summed E-state index contributed by atoms with van der Waals surface area (Å²) in [4.78, 5) is 13.9. The predicted molar refractivity (Wildman–Crippen MR) is 71.7 cm³/mol. The lowest BCUT2D eigenvalue weighted by molar-refractivity contribution is -0.123. The molecule has 4 N–H and O–H groups in total. The highest BCUT2D eigenvalue weighted by Crippen LogP contribution is 2.24. The maximum Gasteiger partial charge on any atom is 0.239 e. The fourth-order valence-corrected chi connectivity index (χ4v) is 2.57. The van der Waals surface area contributed by atoms with Crippen LogP contribution in [0.3, 0.4) is 0 Å². The van der Waals surface area contributed by atoms with Crippen molar-refractivity contribution in [3.8, 4) is 0 Å². The van der Waals surface area contributed by atoms with Gasteiger partial charge < -0.3 is 11.5 Å². The number of benzene rings is 1. The van der Waals surface area contributed by atoms with E-state index < -0.39 is 0 Å². The molecule has 1 aliphatic heterocycles. The fourth-order valence-electron chi connectivity index (χ4n) is 2.57. The molecular formula is C14H21N3O. The molecule has 18 heavy (non-hydrogen) atoms. The third kappa shape index (κ3) is 2.89. The van der Waals surface area contributed by atoms with Crippen molar-refractivity contribution in [1.29, 1.82) is 0 Å². The molecule has 4 nitrogen and oxygen atoms in total. The monoisotopic (exact) mass is 247 g/mol. The Bertz CT molecular complexity index is 396. The largest absolute Gasteiger partial charge is 0.368 e. The smallest absolute Gasteiger partial charge is 0.239 e. The van der Waals surface area contributed by atoms with Crippen LogP contribution in [0.1, 0.15) is 36.4 Å². The van der Waals surface area contributed by atoms with Gasteiger partial charge in [-0.25, -0.2) is 0 Å². The van der Waals surface area contributed by atoms with Gasteiger partial charge in [0.05, 0.1) is 0 Å². The Morgan fingerprint density at radius 3 is 2.28 bits per heavy atom. The molecule has 1 fully saturated rings. The highest BCUT2D eigenvalue weighted by atomic mass is 16.1. The molecule has 0 aromatic heterocycles. The van der Waals surface area contributed by atoms with Crippen molar-refractivity contribution >= 4 is 5.91 Å². The van der Waals surface area contributed by atoms with E-state index in [0.29, 0.717) is 6.54 Å². The fraction of sp³-hybridized carbons (Fsp3) is 0.500. The van der Waals surface area contributed by atoms with Crippen LogP contribution >= 0.6 is 0 Å². The van der Waals surface area contributed by atoms with Crippen molar-refractivity contribution in [2.24, 2.45) is 11.5 Å². The highest BCUT2D eigenvalue weighted by Gasteiger charge is 2.26. The van der Waals surface area contributed by atoms with E-state index in [1.165, 1.54) is 6.42 Å². The van der Waals surface area contributed by atoms with Crippen LogP contribution in [0.4, 0.5) is 0 Å². The molecule has 0 saturated carbocycles. The molecule has 0 radical (unpaired) electrons. The quantitative estimate of drug-likeness (QED) is 0.838. The summed E-state index contributed by atoms with van der Waals surface area (Å²) in [7, 11) is 0. The van der Waals surface area contributed by atoms with E-state index in [4.69, 9.17) is 11.5 Å². The Morgan fingerprint density at radius 2 is 1.78 bits per heavy atom. The Morgan fingerprint density at radius 1 is 1.17 bits per heavy atom. The van der Waals surface area contributed by atoms with E-state index in [9.17, 15) is 4.79 Å². The Hall–Kier alpha value is -1.39. The maximum atomic E-state index is 11.7. The third-order valence-electron chi connectivity index (χ3n) is 3.56. The molecular weight excluding hydrogens is 226 g/mol. The van der Waals surface area contributed by atoms with Crippen LogP contribution in [0.25, 0.3) is 0 Å². The zero-order valence-corrected chi connectivity index (χ0v) is 10.6. The number of hydrogen-bond acceptors (Lipinski definition) is 3. The minimum absolute atomic E-state index is 0.266. The van der Waals surface area contributed by atoms with Crippen molar-refractivity contribution in [3.05, 3.63) is 35.4 Å². The molecule has 0 aliphatic carbocycles. The van der Waals surface area contributed by atoms with Gasteiger partial charge in [-0.3, -0.25) is 9.69 Å². The summed E-state index contributed by atoms with van der Waals surface area (Å²) in [5, 5.41) is 0. The number of carbonyl (C=O) groups excluding carboxylic acids is 1. The Labute approximate surface area is 108 Å². The lowest BCUT2D eigenvalue weighted by Crippen LogP contribution is -2.40. The first-order valence-corrected chi connectivity index (χ1v) is 6.54. The van der Waals surface area contributed by atoms with Crippen LogP contribution in [-0.2, 0) is 11.3 Å². The molecule has 98 valence electrons. The molecule has 1 amide bonds. The topological polar surface area (TPSA) is 72.3 Å². The molecule has 1 heterocycles. The van der Waals surface area contributed by atoms with E-state index >= 15 is 0 Å². The minimum atomic E-state index is -0.294. The van der Waals surface area contributed by atoms with E-state index in [1.807, 2.05) is 24.3 Å². The van der Waals surface area contributed by atoms with Crippen molar-refractivity contribution in [2.45, 2.75) is 31.8 Å². The Kier molecular flexibility index (Phi) is 4.33. The number of carbonyl (C=O) groups is 1. The van der Waals surface area contributed by atoms with Crippen LogP contribution in [0, 0.1) is 0 Å². The Balaban J connectivity index is 2.20. The van der Waals surface area contributed by atoms with Crippen LogP contribution < -0.4 is 11.5 Å². The standard InChI is InChI=1S/C14H21N3O/c15-10-11-4-6-12(7-5-11)13(14(16)18)17-8-2-1-3-9-17/h4-7,13H,1-3,8-10,15H2,(H2,16,18)/t13-/m1/s1. The van der Waals surface area contributed by atoms with Crippen LogP contribution in [0.15, 0.2) is 24.3 Å². The summed E-state index contributed by atoms with van der Waals surface area (Å²) in [6.45, 7) is 2.42. The van der Waals surface area contributed by atoms with Gasteiger partial charge in [0, 0.05) is 6.54 Å². The molecule has 0 bridgehead atoms. The van der Waals surface area contributed by atoms with Gasteiger partial charge in [-0.1, -0.05) is 30.7 Å². The van der Waals surface area contributed by atoms with Gasteiger partial charge in [-0.05, 0) is 37.1 Å². The second kappa shape index (κ2) is 5.98. The number of amides is 1. The number of nitrogens with zero attached hydrogens (tertiary/aromatic N) is 1. The normalized spacial score (nSPS) is 18.5. The van der Waals surface area contributed by atoms with Crippen molar-refractivity contribution < 1.29 is 4.79 Å². The van der Waals surface area contributed by atoms with E-state index in [-0.39, 0.29) is 11.9 Å². The zero-order valence-electron chi connectivity index (χ0n) is 10.6. The summed E-state index contributed by atoms with van der Waals surface area (Å²) in [6, 6.07) is 7.57. The first-order valence-electron chi connectivity index (χ1n) is 6.54. The average molecular weight is 247 g/mol. The van der Waals surface area contributed by atoms with E-state index in [0.717, 1.165) is 37.1 Å². The summed E-state index contributed by atoms with van der Waals surface area (Å²) in [5.41, 5.74) is 13.2. The van der Waals surface area contributed by atoms with Gasteiger partial charge in [0.2, 0.25) is 5.91 Å². The first kappa shape index (κ1) is 13.1. The van der Waals surface area contributed by atoms with Gasteiger partial charge in [-0.2, -0.15) is 0 Å². The molecule has 1 aromatic carbocycles. The third-order valence-corrected chi connectivity index (χ3v) is 3.56. The zero-order chi connectivity index (χ0) is 13.0. The van der Waals surface area contributed by atoms with Crippen LogP contribution in [0.2, 0.25) is 0 Å². The summed E-state index contributed by atoms with van der Waals surface area (Å²) in [6.07, 6.45) is 3.53. The summed E-state index contributed by atoms with van der Waals surface area (Å²) in [5.74, 6) is -0.266. The van der Waals surface area contributed by atoms with Gasteiger partial charge >= 0.3 is 0 Å². The summed E-state index contributed by atoms with van der Waals surface area (Å²) < 4.78 is 0.